The molecular formula is C17H15BrN2O3. The summed E-state index contributed by atoms with van der Waals surface area (Å²) in [5.74, 6) is 2.36. The van der Waals surface area contributed by atoms with E-state index in [0.29, 0.717) is 24.1 Å². The molecule has 118 valence electrons. The molecule has 0 fully saturated rings. The number of hydrogen-bond acceptors (Lipinski definition) is 5. The zero-order valence-electron chi connectivity index (χ0n) is 12.7. The van der Waals surface area contributed by atoms with E-state index in [0.717, 1.165) is 21.3 Å². The second-order valence-corrected chi connectivity index (χ2v) is 5.64. The predicted octanol–water partition coefficient (Wildman–Crippen LogP) is 4.57. The first kappa shape index (κ1) is 15.6. The van der Waals surface area contributed by atoms with E-state index in [-0.39, 0.29) is 0 Å². The van der Waals surface area contributed by atoms with Crippen molar-refractivity contribution >= 4 is 15.9 Å². The number of halogens is 1. The van der Waals surface area contributed by atoms with Gasteiger partial charge in [-0.15, -0.1) is 0 Å². The molecule has 0 saturated carbocycles. The molecule has 5 nitrogen and oxygen atoms in total. The molecule has 1 heterocycles. The molecule has 0 aliphatic carbocycles. The summed E-state index contributed by atoms with van der Waals surface area (Å²) in [6.07, 6.45) is 0. The molecule has 0 amide bonds. The van der Waals surface area contributed by atoms with Gasteiger partial charge < -0.3 is 14.0 Å². The first-order valence-electron chi connectivity index (χ1n) is 7.12. The van der Waals surface area contributed by atoms with E-state index in [1.807, 2.05) is 49.4 Å². The second kappa shape index (κ2) is 6.83. The van der Waals surface area contributed by atoms with Crippen molar-refractivity contribution in [3.63, 3.8) is 0 Å². The lowest BCUT2D eigenvalue weighted by molar-refractivity contribution is 0.341. The third-order valence-corrected chi connectivity index (χ3v) is 3.72. The van der Waals surface area contributed by atoms with E-state index >= 15 is 0 Å². The first-order chi connectivity index (χ1) is 11.2. The van der Waals surface area contributed by atoms with Gasteiger partial charge in [0.15, 0.2) is 0 Å². The summed E-state index contributed by atoms with van der Waals surface area (Å²) in [5, 5.41) is 4.07. The molecule has 0 aliphatic heterocycles. The van der Waals surface area contributed by atoms with Gasteiger partial charge in [-0.1, -0.05) is 27.2 Å². The highest BCUT2D eigenvalue weighted by atomic mass is 79.9. The van der Waals surface area contributed by atoms with E-state index in [2.05, 4.69) is 26.1 Å². The van der Waals surface area contributed by atoms with E-state index in [4.69, 9.17) is 14.0 Å². The third kappa shape index (κ3) is 3.37. The number of benzene rings is 2. The van der Waals surface area contributed by atoms with Gasteiger partial charge in [0.1, 0.15) is 11.5 Å². The summed E-state index contributed by atoms with van der Waals surface area (Å²) >= 11 is 3.46. The van der Waals surface area contributed by atoms with Gasteiger partial charge >= 0.3 is 0 Å². The molecule has 2 aromatic carbocycles. The Bertz CT molecular complexity index is 817. The maximum absolute atomic E-state index is 5.64. The number of rotatable bonds is 5. The average Bonchev–Trinajstić information content (AvgIpc) is 3.06. The predicted molar refractivity (Wildman–Crippen MR) is 90.6 cm³/mol. The van der Waals surface area contributed by atoms with Crippen molar-refractivity contribution in [1.82, 2.24) is 10.1 Å². The van der Waals surface area contributed by atoms with Crippen molar-refractivity contribution < 1.29 is 14.0 Å². The summed E-state index contributed by atoms with van der Waals surface area (Å²) in [5.41, 5.74) is 1.58. The highest BCUT2D eigenvalue weighted by Crippen LogP contribution is 2.32. The molecule has 0 bridgehead atoms. The maximum atomic E-state index is 5.64. The number of methoxy groups -OCH3 is 1. The minimum Gasteiger partial charge on any atom is -0.497 e. The molecule has 3 rings (SSSR count). The zero-order valence-corrected chi connectivity index (χ0v) is 14.3. The molecule has 6 heteroatoms. The zero-order chi connectivity index (χ0) is 16.2. The molecule has 0 aliphatic rings. The molecule has 0 N–H and O–H groups in total. The van der Waals surface area contributed by atoms with Crippen LogP contribution in [0.5, 0.6) is 11.5 Å². The van der Waals surface area contributed by atoms with Crippen LogP contribution in [0.1, 0.15) is 6.92 Å². The smallest absolute Gasteiger partial charge is 0.258 e. The van der Waals surface area contributed by atoms with Crippen LogP contribution >= 0.6 is 15.9 Å². The average molecular weight is 375 g/mol. The van der Waals surface area contributed by atoms with Crippen LogP contribution in [0.25, 0.3) is 22.8 Å². The van der Waals surface area contributed by atoms with Gasteiger partial charge in [-0.3, -0.25) is 0 Å². The molecule has 3 aromatic rings. The molecular weight excluding hydrogens is 360 g/mol. The number of hydrogen-bond donors (Lipinski definition) is 0. The van der Waals surface area contributed by atoms with E-state index in [1.54, 1.807) is 7.11 Å². The van der Waals surface area contributed by atoms with Crippen LogP contribution < -0.4 is 9.47 Å². The topological polar surface area (TPSA) is 57.4 Å². The second-order valence-electron chi connectivity index (χ2n) is 4.73. The van der Waals surface area contributed by atoms with Gasteiger partial charge in [0.25, 0.3) is 5.89 Å². The fourth-order valence-electron chi connectivity index (χ4n) is 2.16. The standard InChI is InChI=1S/C17H15BrN2O3/c1-3-22-15-8-7-12(18)10-14(15)16-19-17(23-20-16)11-5-4-6-13(9-11)21-2/h4-10H,3H2,1-2H3. The fourth-order valence-corrected chi connectivity index (χ4v) is 2.53. The summed E-state index contributed by atoms with van der Waals surface area (Å²) in [6.45, 7) is 2.50. The van der Waals surface area contributed by atoms with Crippen molar-refractivity contribution in [2.75, 3.05) is 13.7 Å². The Morgan fingerprint density at radius 2 is 2.04 bits per heavy atom. The number of aromatic nitrogens is 2. The number of ether oxygens (including phenoxy) is 2. The van der Waals surface area contributed by atoms with Gasteiger partial charge in [-0.05, 0) is 43.3 Å². The van der Waals surface area contributed by atoms with Crippen LogP contribution in [0.3, 0.4) is 0 Å². The lowest BCUT2D eigenvalue weighted by atomic mass is 10.2. The molecule has 0 saturated heterocycles. The van der Waals surface area contributed by atoms with Crippen molar-refractivity contribution in [3.05, 3.63) is 46.9 Å². The monoisotopic (exact) mass is 374 g/mol. The van der Waals surface area contributed by atoms with Crippen LogP contribution in [0.15, 0.2) is 51.5 Å². The molecule has 1 aromatic heterocycles. The van der Waals surface area contributed by atoms with E-state index in [1.165, 1.54) is 0 Å². The lowest BCUT2D eigenvalue weighted by Crippen LogP contribution is -1.95. The highest BCUT2D eigenvalue weighted by Gasteiger charge is 2.15. The Morgan fingerprint density at radius 3 is 2.83 bits per heavy atom. The van der Waals surface area contributed by atoms with Crippen LogP contribution in [-0.4, -0.2) is 23.9 Å². The summed E-state index contributed by atoms with van der Waals surface area (Å²) < 4.78 is 17.2. The van der Waals surface area contributed by atoms with Crippen LogP contribution in [0, 0.1) is 0 Å². The van der Waals surface area contributed by atoms with Gasteiger partial charge in [0, 0.05) is 10.0 Å². The Morgan fingerprint density at radius 1 is 1.17 bits per heavy atom. The molecule has 0 spiro atoms. The fraction of sp³-hybridized carbons (Fsp3) is 0.176. The van der Waals surface area contributed by atoms with Gasteiger partial charge in [-0.25, -0.2) is 0 Å². The van der Waals surface area contributed by atoms with Crippen molar-refractivity contribution in [2.45, 2.75) is 6.92 Å². The van der Waals surface area contributed by atoms with E-state index < -0.39 is 0 Å². The van der Waals surface area contributed by atoms with E-state index in [9.17, 15) is 0 Å². The Kier molecular flexibility index (Phi) is 4.62. The third-order valence-electron chi connectivity index (χ3n) is 3.23. The van der Waals surface area contributed by atoms with Crippen LogP contribution in [0.2, 0.25) is 0 Å². The molecule has 0 unspecified atom stereocenters. The van der Waals surface area contributed by atoms with Gasteiger partial charge in [0.2, 0.25) is 5.82 Å². The normalized spacial score (nSPS) is 10.6. The number of nitrogens with zero attached hydrogens (tertiary/aromatic N) is 2. The van der Waals surface area contributed by atoms with Crippen molar-refractivity contribution in [3.8, 4) is 34.3 Å². The first-order valence-corrected chi connectivity index (χ1v) is 7.91. The van der Waals surface area contributed by atoms with Crippen LogP contribution in [0.4, 0.5) is 0 Å². The Labute approximate surface area is 142 Å². The minimum absolute atomic E-state index is 0.432. The molecule has 0 radical (unpaired) electrons. The largest absolute Gasteiger partial charge is 0.497 e. The maximum Gasteiger partial charge on any atom is 0.258 e. The summed E-state index contributed by atoms with van der Waals surface area (Å²) in [7, 11) is 1.62. The van der Waals surface area contributed by atoms with Gasteiger partial charge in [-0.2, -0.15) is 4.98 Å². The minimum atomic E-state index is 0.432. The van der Waals surface area contributed by atoms with Crippen molar-refractivity contribution in [1.29, 1.82) is 0 Å². The lowest BCUT2D eigenvalue weighted by Gasteiger charge is -2.07. The molecule has 23 heavy (non-hydrogen) atoms. The van der Waals surface area contributed by atoms with Crippen molar-refractivity contribution in [2.24, 2.45) is 0 Å². The highest BCUT2D eigenvalue weighted by molar-refractivity contribution is 9.10. The summed E-state index contributed by atoms with van der Waals surface area (Å²) in [4.78, 5) is 4.48. The quantitative estimate of drug-likeness (QED) is 0.654. The molecule has 0 atom stereocenters. The Hall–Kier alpha value is -2.34. The Balaban J connectivity index is 2.00. The van der Waals surface area contributed by atoms with Gasteiger partial charge in [0.05, 0.1) is 19.3 Å². The SMILES string of the molecule is CCOc1ccc(Br)cc1-c1noc(-c2cccc(OC)c2)n1. The summed E-state index contributed by atoms with van der Waals surface area (Å²) in [6, 6.07) is 13.2. The van der Waals surface area contributed by atoms with Crippen LogP contribution in [-0.2, 0) is 0 Å².